The summed E-state index contributed by atoms with van der Waals surface area (Å²) in [5.74, 6) is 0.719. The number of ketones is 1. The Kier molecular flexibility index (Phi) is 31.9. The molecule has 338 valence electrons. The maximum atomic E-state index is 13.0. The molecule has 4 N–H and O–H groups in total. The fourth-order valence-electron chi connectivity index (χ4n) is 5.56. The van der Waals surface area contributed by atoms with E-state index >= 15 is 0 Å². The predicted molar refractivity (Wildman–Crippen MR) is 225 cm³/mol. The molecule has 2 fully saturated rings. The van der Waals surface area contributed by atoms with Gasteiger partial charge in [0.2, 0.25) is 24.1 Å². The molecule has 2 heterocycles. The Morgan fingerprint density at radius 2 is 1.26 bits per heavy atom. The average molecular weight is 849 g/mol. The number of imide groups is 1. The Morgan fingerprint density at radius 3 is 1.74 bits per heavy atom. The largest absolute Gasteiger partial charge is 0.379 e. The molecule has 2 saturated heterocycles. The van der Waals surface area contributed by atoms with Gasteiger partial charge in [0.1, 0.15) is 12.4 Å². The number of nitrogens with zero attached hydrogens (tertiary/aromatic N) is 2. The van der Waals surface area contributed by atoms with Crippen LogP contribution in [0, 0.1) is 17.8 Å². The lowest BCUT2D eigenvalue weighted by atomic mass is 10.1. The van der Waals surface area contributed by atoms with Gasteiger partial charge in [-0.05, 0) is 18.8 Å². The van der Waals surface area contributed by atoms with Gasteiger partial charge in [-0.3, -0.25) is 33.8 Å². The number of nitrogens with one attached hydrogen (secondary N) is 4. The van der Waals surface area contributed by atoms with Crippen molar-refractivity contribution in [3.8, 4) is 0 Å². The van der Waals surface area contributed by atoms with E-state index in [1.807, 2.05) is 34.6 Å². The van der Waals surface area contributed by atoms with Crippen LogP contribution in [0.4, 0.5) is 0 Å². The summed E-state index contributed by atoms with van der Waals surface area (Å²) in [5.41, 5.74) is 0. The lowest BCUT2D eigenvalue weighted by molar-refractivity contribution is -0.138. The highest BCUT2D eigenvalue weighted by molar-refractivity contribution is 8.01. The zero-order valence-corrected chi connectivity index (χ0v) is 37.2. The lowest BCUT2D eigenvalue weighted by Crippen LogP contribution is -2.48. The molecule has 3 unspecified atom stereocenters. The third-order valence-electron chi connectivity index (χ3n) is 8.86. The number of ether oxygens (including phenoxy) is 6. The molecule has 2 aliphatic heterocycles. The van der Waals surface area contributed by atoms with Crippen LogP contribution >= 0.6 is 11.8 Å². The highest BCUT2D eigenvalue weighted by atomic mass is 32.2. The zero-order valence-electron chi connectivity index (χ0n) is 36.4. The average Bonchev–Trinajstić information content (AvgIpc) is 3.71. The molecule has 0 aromatic carbocycles. The predicted octanol–water partition coefficient (Wildman–Crippen LogP) is 0.584. The smallest absolute Gasteiger partial charge is 0.246 e. The molecule has 0 radical (unpaired) electrons. The van der Waals surface area contributed by atoms with Gasteiger partial charge in [0.15, 0.2) is 0 Å². The Morgan fingerprint density at radius 1 is 0.741 bits per heavy atom. The maximum absolute atomic E-state index is 13.0. The Balaban J connectivity index is 0.00000219. The zero-order chi connectivity index (χ0) is 43.0. The molecule has 18 heteroatoms. The number of hydrogen-bond donors (Lipinski definition) is 4. The molecular weight excluding hydrogens is 773 g/mol. The highest BCUT2D eigenvalue weighted by Crippen LogP contribution is 2.26. The number of carbonyl (C=O) groups excluding carboxylic acids is 5. The van der Waals surface area contributed by atoms with Gasteiger partial charge in [0.05, 0.1) is 77.1 Å². The monoisotopic (exact) mass is 849 g/mol. The molecule has 3 atom stereocenters. The third kappa shape index (κ3) is 26.8. The second kappa shape index (κ2) is 34.5. The molecule has 2 rings (SSSR count). The molecule has 0 bridgehead atoms. The summed E-state index contributed by atoms with van der Waals surface area (Å²) in [6.07, 6.45) is 0.872. The van der Waals surface area contributed by atoms with Crippen LogP contribution in [0.3, 0.4) is 0 Å². The van der Waals surface area contributed by atoms with Crippen molar-refractivity contribution in [2.75, 3.05) is 137 Å². The van der Waals surface area contributed by atoms with Crippen LogP contribution in [0.1, 0.15) is 54.9 Å². The first-order valence-electron chi connectivity index (χ1n) is 21.0. The minimum absolute atomic E-state index is 0.0277. The summed E-state index contributed by atoms with van der Waals surface area (Å²) in [6.45, 7) is 24.5. The van der Waals surface area contributed by atoms with Crippen molar-refractivity contribution < 1.29 is 52.4 Å². The van der Waals surface area contributed by atoms with Crippen molar-refractivity contribution in [2.24, 2.45) is 17.8 Å². The van der Waals surface area contributed by atoms with Gasteiger partial charge < -0.3 is 49.7 Å². The lowest BCUT2D eigenvalue weighted by Gasteiger charge is -2.21. The van der Waals surface area contributed by atoms with Crippen molar-refractivity contribution in [3.05, 3.63) is 0 Å². The molecule has 0 aliphatic carbocycles. The van der Waals surface area contributed by atoms with Gasteiger partial charge in [0.25, 0.3) is 0 Å². The molecule has 0 aromatic rings. The van der Waals surface area contributed by atoms with E-state index in [0.29, 0.717) is 117 Å². The van der Waals surface area contributed by atoms with Crippen LogP contribution in [0.2, 0.25) is 0 Å². The fourth-order valence-corrected chi connectivity index (χ4v) is 6.79. The van der Waals surface area contributed by atoms with Crippen LogP contribution in [-0.2, 0) is 52.4 Å². The molecule has 17 nitrogen and oxygen atoms in total. The quantitative estimate of drug-likeness (QED) is 0.0393. The molecule has 2 aliphatic rings. The van der Waals surface area contributed by atoms with E-state index in [4.69, 9.17) is 28.4 Å². The van der Waals surface area contributed by atoms with Crippen LogP contribution in [0.25, 0.3) is 0 Å². The Hall–Kier alpha value is -2.26. The Labute approximate surface area is 351 Å². The van der Waals surface area contributed by atoms with Crippen molar-refractivity contribution in [1.29, 1.82) is 0 Å². The van der Waals surface area contributed by atoms with Crippen LogP contribution in [-0.4, -0.2) is 194 Å². The normalized spacial score (nSPS) is 18.4. The van der Waals surface area contributed by atoms with Crippen LogP contribution in [0.5, 0.6) is 0 Å². The summed E-state index contributed by atoms with van der Waals surface area (Å²) >= 11 is 1.28. The number of Topliss-reactive ketones (excluding diaryl/α,β-unsaturated/α-hetero) is 1. The number of hydrogen-bond acceptors (Lipinski definition) is 15. The molecule has 58 heavy (non-hydrogen) atoms. The maximum Gasteiger partial charge on any atom is 0.246 e. The first-order chi connectivity index (χ1) is 27.9. The minimum Gasteiger partial charge on any atom is -0.379 e. The topological polar surface area (TPSA) is 195 Å². The van der Waals surface area contributed by atoms with Crippen LogP contribution < -0.4 is 21.3 Å². The van der Waals surface area contributed by atoms with Crippen molar-refractivity contribution in [1.82, 2.24) is 31.1 Å². The van der Waals surface area contributed by atoms with E-state index in [9.17, 15) is 24.0 Å². The van der Waals surface area contributed by atoms with Gasteiger partial charge >= 0.3 is 0 Å². The van der Waals surface area contributed by atoms with E-state index in [1.54, 1.807) is 0 Å². The number of thioether (sulfide) groups is 1. The molecule has 4 amide bonds. The van der Waals surface area contributed by atoms with Crippen LogP contribution in [0.15, 0.2) is 0 Å². The summed E-state index contributed by atoms with van der Waals surface area (Å²) in [4.78, 5) is 62.6. The fraction of sp³-hybridized carbons (Fsp3) is 0.875. The molecule has 0 aromatic heterocycles. The van der Waals surface area contributed by atoms with E-state index in [-0.39, 0.29) is 60.3 Å². The van der Waals surface area contributed by atoms with Gasteiger partial charge in [-0.15, -0.1) is 11.8 Å². The second-order valence-electron chi connectivity index (χ2n) is 15.2. The van der Waals surface area contributed by atoms with Gasteiger partial charge in [-0.2, -0.15) is 0 Å². The van der Waals surface area contributed by atoms with E-state index in [1.165, 1.54) is 16.7 Å². The SMILES string of the molecule is CC(C)CNC=O.CCOCCOCCOCCNC1CN(CCN2C(=O)CC(SCC(=O)C(C)C)C2=O)CC1NCCOCCOCCOCC(=O)NCC(C)C. The Bertz CT molecular complexity index is 1120. The standard InChI is InChI=1S/C35H65N5O10S.C5H11NO/c1-6-45-13-14-48-17-15-46-11-7-36-29-23-39(9-10-40-34(43)21-32(35(40)44)51-26-31(41)28(4)5)24-30(29)37-8-12-47-16-18-49-19-20-50-25-33(42)38-22-27(2)3;1-5(2)3-6-4-7/h27-30,32,36-37H,6-26H2,1-5H3,(H,38,42);4-5H,3H2,1-2H3,(H,6,7). The van der Waals surface area contributed by atoms with Crippen molar-refractivity contribution >= 4 is 41.7 Å². The second-order valence-corrected chi connectivity index (χ2v) is 16.4. The number of likely N-dealkylation sites (tertiary alicyclic amines) is 2. The highest BCUT2D eigenvalue weighted by Gasteiger charge is 2.40. The first kappa shape index (κ1) is 53.8. The van der Waals surface area contributed by atoms with Gasteiger partial charge in [-0.25, -0.2) is 0 Å². The van der Waals surface area contributed by atoms with Crippen molar-refractivity contribution in [3.63, 3.8) is 0 Å². The molecular formula is C40H76N6O11S. The van der Waals surface area contributed by atoms with E-state index in [2.05, 4.69) is 40.0 Å². The summed E-state index contributed by atoms with van der Waals surface area (Å²) < 4.78 is 33.1. The molecule has 0 saturated carbocycles. The third-order valence-corrected chi connectivity index (χ3v) is 10.1. The van der Waals surface area contributed by atoms with E-state index in [0.717, 1.165) is 26.0 Å². The molecule has 0 spiro atoms. The summed E-state index contributed by atoms with van der Waals surface area (Å²) in [5, 5.41) is 12.1. The van der Waals surface area contributed by atoms with Gasteiger partial charge in [-0.1, -0.05) is 41.5 Å². The van der Waals surface area contributed by atoms with E-state index < -0.39 is 5.25 Å². The van der Waals surface area contributed by atoms with Gasteiger partial charge in [0, 0.05) is 83.4 Å². The number of rotatable bonds is 35. The number of amides is 4. The van der Waals surface area contributed by atoms with Crippen molar-refractivity contribution in [2.45, 2.75) is 72.2 Å². The number of carbonyl (C=O) groups is 5. The summed E-state index contributed by atoms with van der Waals surface area (Å²) in [6, 6.07) is 0.277. The summed E-state index contributed by atoms with van der Waals surface area (Å²) in [7, 11) is 0. The minimum atomic E-state index is -0.482. The first-order valence-corrected chi connectivity index (χ1v) is 22.0.